The topological polar surface area (TPSA) is 76.1 Å². The molecule has 0 aromatic carbocycles. The lowest BCUT2D eigenvalue weighted by atomic mass is 10.1. The molecule has 1 atom stereocenters. The lowest BCUT2D eigenvalue weighted by molar-refractivity contribution is -0.147. The van der Waals surface area contributed by atoms with Crippen LogP contribution in [0.4, 0.5) is 0 Å². The molecule has 1 aliphatic carbocycles. The van der Waals surface area contributed by atoms with Crippen molar-refractivity contribution in [2.75, 3.05) is 6.61 Å². The molecule has 1 N–H and O–H groups in total. The van der Waals surface area contributed by atoms with Crippen LogP contribution in [0.2, 0.25) is 0 Å². The van der Waals surface area contributed by atoms with Gasteiger partial charge in [0.25, 0.3) is 0 Å². The number of esters is 1. The Kier molecular flexibility index (Phi) is 3.75. The number of carboxylic acids is 1. The van der Waals surface area contributed by atoms with Crippen LogP contribution in [-0.2, 0) is 19.1 Å². The quantitative estimate of drug-likeness (QED) is 0.343. The van der Waals surface area contributed by atoms with E-state index in [0.29, 0.717) is 18.6 Å². The minimum atomic E-state index is -0.968. The van der Waals surface area contributed by atoms with Crippen molar-refractivity contribution < 1.29 is 24.2 Å². The Morgan fingerprint density at radius 2 is 2.05 bits per heavy atom. The summed E-state index contributed by atoms with van der Waals surface area (Å²) in [6.07, 6.45) is 5.12. The number of hydrogen-bond acceptors (Lipinski definition) is 4. The zero-order valence-electron chi connectivity index (χ0n) is 11.1. The summed E-state index contributed by atoms with van der Waals surface area (Å²) in [4.78, 5) is 22.7. The number of aliphatic carboxylic acids is 1. The Morgan fingerprint density at radius 1 is 1.42 bits per heavy atom. The largest absolute Gasteiger partial charge is 0.478 e. The van der Waals surface area contributed by atoms with Crippen molar-refractivity contribution >= 4 is 11.9 Å². The number of ether oxygens (including phenoxy) is 2. The van der Waals surface area contributed by atoms with Crippen LogP contribution >= 0.6 is 0 Å². The summed E-state index contributed by atoms with van der Waals surface area (Å²) < 4.78 is 10.6. The van der Waals surface area contributed by atoms with Crippen LogP contribution in [-0.4, -0.2) is 35.4 Å². The maximum Gasteiger partial charge on any atom is 0.334 e. The van der Waals surface area contributed by atoms with E-state index in [2.05, 4.69) is 0 Å². The maximum atomic E-state index is 11.9. The molecule has 2 aliphatic rings. The van der Waals surface area contributed by atoms with E-state index in [0.717, 1.165) is 12.8 Å². The summed E-state index contributed by atoms with van der Waals surface area (Å²) in [5, 5.41) is 8.87. The number of allylic oxidation sites excluding steroid dienone is 2. The molecule has 0 amide bonds. The molecule has 0 aromatic rings. The van der Waals surface area contributed by atoms with E-state index >= 15 is 0 Å². The Balaban J connectivity index is 1.96. The van der Waals surface area contributed by atoms with E-state index in [-0.39, 0.29) is 11.7 Å². The highest BCUT2D eigenvalue weighted by Crippen LogP contribution is 2.48. The summed E-state index contributed by atoms with van der Waals surface area (Å²) in [6, 6.07) is 0. The van der Waals surface area contributed by atoms with Gasteiger partial charge in [0.2, 0.25) is 0 Å². The number of rotatable bonds is 6. The van der Waals surface area contributed by atoms with Gasteiger partial charge < -0.3 is 14.6 Å². The van der Waals surface area contributed by atoms with E-state index in [9.17, 15) is 9.59 Å². The van der Waals surface area contributed by atoms with Crippen LogP contribution in [0.5, 0.6) is 0 Å². The Morgan fingerprint density at radius 3 is 2.47 bits per heavy atom. The third-order valence-corrected chi connectivity index (χ3v) is 3.47. The van der Waals surface area contributed by atoms with Crippen molar-refractivity contribution in [1.29, 1.82) is 0 Å². The number of carbonyl (C=O) groups excluding carboxylic acids is 1. The molecule has 19 heavy (non-hydrogen) atoms. The predicted molar refractivity (Wildman–Crippen MR) is 67.6 cm³/mol. The summed E-state index contributed by atoms with van der Waals surface area (Å²) in [5.41, 5.74) is 0.258. The molecule has 1 saturated carbocycles. The zero-order valence-corrected chi connectivity index (χ0v) is 11.1. The number of hydrogen-bond donors (Lipinski definition) is 1. The second-order valence-electron chi connectivity index (χ2n) is 4.98. The summed E-state index contributed by atoms with van der Waals surface area (Å²) in [6.45, 7) is 4.04. The fraction of sp³-hybridized carbons (Fsp3) is 0.571. The van der Waals surface area contributed by atoms with Crippen molar-refractivity contribution in [3.63, 3.8) is 0 Å². The van der Waals surface area contributed by atoms with Gasteiger partial charge in [-0.15, -0.1) is 0 Å². The highest BCUT2D eigenvalue weighted by molar-refractivity contribution is 5.90. The number of epoxide rings is 1. The lowest BCUT2D eigenvalue weighted by Gasteiger charge is -2.13. The molecular formula is C14H18O5. The van der Waals surface area contributed by atoms with Crippen LogP contribution in [0.3, 0.4) is 0 Å². The van der Waals surface area contributed by atoms with Gasteiger partial charge in [-0.3, -0.25) is 0 Å². The maximum absolute atomic E-state index is 11.9. The van der Waals surface area contributed by atoms with Crippen molar-refractivity contribution in [3.05, 3.63) is 23.3 Å². The smallest absolute Gasteiger partial charge is 0.334 e. The predicted octanol–water partition coefficient (Wildman–Crippen LogP) is 1.83. The van der Waals surface area contributed by atoms with E-state index in [1.165, 1.54) is 12.2 Å². The highest BCUT2D eigenvalue weighted by Gasteiger charge is 2.59. The van der Waals surface area contributed by atoms with E-state index in [1.807, 2.05) is 0 Å². The molecule has 5 heteroatoms. The van der Waals surface area contributed by atoms with Gasteiger partial charge >= 0.3 is 11.9 Å². The summed E-state index contributed by atoms with van der Waals surface area (Å²) in [7, 11) is 0. The standard InChI is InChI=1S/C14H18O5/c1-3-10(12(15)16)5-4-9(2)13(17)19-14(6-7-14)11-8-18-11/h4-5,11H,3,6-8H2,1-2H3,(H,15,16). The molecule has 1 aliphatic heterocycles. The van der Waals surface area contributed by atoms with Crippen LogP contribution in [0.25, 0.3) is 0 Å². The van der Waals surface area contributed by atoms with E-state index in [1.54, 1.807) is 13.8 Å². The van der Waals surface area contributed by atoms with Gasteiger partial charge in [0.1, 0.15) is 11.7 Å². The van der Waals surface area contributed by atoms with E-state index in [4.69, 9.17) is 14.6 Å². The first-order valence-electron chi connectivity index (χ1n) is 6.44. The SMILES string of the molecule is CCC(=CC=C(C)C(=O)OC1(C2CO2)CC1)C(=O)O. The minimum absolute atomic E-state index is 0.0602. The van der Waals surface area contributed by atoms with Gasteiger partial charge in [-0.05, 0) is 26.2 Å². The van der Waals surface area contributed by atoms with Gasteiger partial charge in [0.15, 0.2) is 0 Å². The van der Waals surface area contributed by atoms with Crippen molar-refractivity contribution in [3.8, 4) is 0 Å². The number of carbonyl (C=O) groups is 2. The van der Waals surface area contributed by atoms with Gasteiger partial charge in [0, 0.05) is 11.1 Å². The first-order chi connectivity index (χ1) is 8.98. The molecule has 5 nitrogen and oxygen atoms in total. The van der Waals surface area contributed by atoms with Gasteiger partial charge in [-0.1, -0.05) is 19.1 Å². The lowest BCUT2D eigenvalue weighted by Crippen LogP contribution is -2.25. The van der Waals surface area contributed by atoms with Gasteiger partial charge in [0.05, 0.1) is 6.61 Å². The molecule has 2 fully saturated rings. The molecule has 0 spiro atoms. The van der Waals surface area contributed by atoms with Gasteiger partial charge in [-0.25, -0.2) is 9.59 Å². The fourth-order valence-corrected chi connectivity index (χ4v) is 1.86. The average Bonchev–Trinajstić information content (AvgIpc) is 3.22. The van der Waals surface area contributed by atoms with Crippen molar-refractivity contribution in [1.82, 2.24) is 0 Å². The van der Waals surface area contributed by atoms with Crippen molar-refractivity contribution in [2.24, 2.45) is 0 Å². The monoisotopic (exact) mass is 266 g/mol. The second-order valence-corrected chi connectivity index (χ2v) is 4.98. The average molecular weight is 266 g/mol. The molecule has 1 unspecified atom stereocenters. The molecule has 0 bridgehead atoms. The second kappa shape index (κ2) is 5.17. The third-order valence-electron chi connectivity index (χ3n) is 3.47. The van der Waals surface area contributed by atoms with Gasteiger partial charge in [-0.2, -0.15) is 0 Å². The normalized spacial score (nSPS) is 24.8. The first-order valence-corrected chi connectivity index (χ1v) is 6.44. The molecule has 1 heterocycles. The Bertz CT molecular complexity index is 452. The van der Waals surface area contributed by atoms with Crippen LogP contribution < -0.4 is 0 Å². The zero-order chi connectivity index (χ0) is 14.0. The highest BCUT2D eigenvalue weighted by atomic mass is 16.6. The van der Waals surface area contributed by atoms with Crippen LogP contribution in [0.15, 0.2) is 23.3 Å². The molecule has 2 rings (SSSR count). The Labute approximate surface area is 111 Å². The number of carboxylic acid groups (broad SMARTS) is 1. The molecule has 1 saturated heterocycles. The third kappa shape index (κ3) is 3.23. The Hall–Kier alpha value is -1.62. The first kappa shape index (κ1) is 13.8. The molecule has 0 aromatic heterocycles. The summed E-state index contributed by atoms with van der Waals surface area (Å²) in [5.74, 6) is -1.37. The summed E-state index contributed by atoms with van der Waals surface area (Å²) >= 11 is 0. The minimum Gasteiger partial charge on any atom is -0.478 e. The molecule has 0 radical (unpaired) electrons. The molecular weight excluding hydrogens is 248 g/mol. The van der Waals surface area contributed by atoms with Crippen LogP contribution in [0, 0.1) is 0 Å². The fourth-order valence-electron chi connectivity index (χ4n) is 1.86. The van der Waals surface area contributed by atoms with E-state index < -0.39 is 17.5 Å². The van der Waals surface area contributed by atoms with Crippen LogP contribution in [0.1, 0.15) is 33.1 Å². The van der Waals surface area contributed by atoms with Crippen molar-refractivity contribution in [2.45, 2.75) is 44.8 Å². The molecule has 104 valence electrons.